The fourth-order valence-corrected chi connectivity index (χ4v) is 3.40. The van der Waals surface area contributed by atoms with Crippen molar-refractivity contribution in [1.82, 2.24) is 0 Å². The molecule has 0 aliphatic carbocycles. The maximum absolute atomic E-state index is 12.4. The second-order valence-corrected chi connectivity index (χ2v) is 7.13. The molecule has 1 aliphatic rings. The summed E-state index contributed by atoms with van der Waals surface area (Å²) < 4.78 is 0. The van der Waals surface area contributed by atoms with Gasteiger partial charge in [-0.15, -0.1) is 11.8 Å². The second kappa shape index (κ2) is 6.73. The molecule has 0 aromatic heterocycles. The van der Waals surface area contributed by atoms with E-state index < -0.39 is 10.8 Å². The summed E-state index contributed by atoms with van der Waals surface area (Å²) in [6.07, 6.45) is 0. The molecule has 2 N–H and O–H groups in total. The van der Waals surface area contributed by atoms with Crippen LogP contribution in [0.1, 0.15) is 17.3 Å². The van der Waals surface area contributed by atoms with E-state index in [2.05, 4.69) is 10.6 Å². The summed E-state index contributed by atoms with van der Waals surface area (Å²) in [5.74, 6) is -0.569. The summed E-state index contributed by atoms with van der Waals surface area (Å²) in [5, 5.41) is 16.1. The van der Waals surface area contributed by atoms with E-state index in [0.29, 0.717) is 11.3 Å². The van der Waals surface area contributed by atoms with Crippen molar-refractivity contribution < 1.29 is 14.5 Å². The molecule has 3 rings (SSSR count). The van der Waals surface area contributed by atoms with E-state index >= 15 is 0 Å². The van der Waals surface area contributed by atoms with Crippen LogP contribution in [-0.2, 0) is 4.79 Å². The van der Waals surface area contributed by atoms with Gasteiger partial charge in [0.2, 0.25) is 5.91 Å². The molecule has 7 nitrogen and oxygen atoms in total. The first-order valence-corrected chi connectivity index (χ1v) is 8.48. The monoisotopic (exact) mass is 377 g/mol. The van der Waals surface area contributed by atoms with Gasteiger partial charge >= 0.3 is 0 Å². The number of anilines is 2. The van der Waals surface area contributed by atoms with E-state index in [9.17, 15) is 19.7 Å². The van der Waals surface area contributed by atoms with Gasteiger partial charge in [0.25, 0.3) is 11.6 Å². The van der Waals surface area contributed by atoms with Crippen molar-refractivity contribution >= 4 is 52.2 Å². The van der Waals surface area contributed by atoms with Gasteiger partial charge in [-0.1, -0.05) is 11.6 Å². The highest BCUT2D eigenvalue weighted by atomic mass is 35.5. The number of carbonyl (C=O) groups excluding carboxylic acids is 2. The Kier molecular flexibility index (Phi) is 4.65. The molecule has 9 heteroatoms. The third kappa shape index (κ3) is 3.59. The zero-order valence-electron chi connectivity index (χ0n) is 12.9. The number of rotatable bonds is 3. The molecule has 0 saturated heterocycles. The normalized spacial score (nSPS) is 15.9. The highest BCUT2D eigenvalue weighted by molar-refractivity contribution is 8.00. The largest absolute Gasteiger partial charge is 0.324 e. The molecule has 2 aromatic rings. The molecule has 2 amide bonds. The molecule has 2 aromatic carbocycles. The van der Waals surface area contributed by atoms with Crippen molar-refractivity contribution in [2.45, 2.75) is 17.1 Å². The second-order valence-electron chi connectivity index (χ2n) is 5.34. The first kappa shape index (κ1) is 17.2. The molecule has 0 bridgehead atoms. The quantitative estimate of drug-likeness (QED) is 0.623. The molecule has 128 valence electrons. The van der Waals surface area contributed by atoms with Crippen LogP contribution in [0.3, 0.4) is 0 Å². The first-order chi connectivity index (χ1) is 11.8. The number of nitrogens with one attached hydrogen (secondary N) is 2. The minimum absolute atomic E-state index is 0.00867. The molecule has 1 heterocycles. The Morgan fingerprint density at radius 2 is 2.08 bits per heavy atom. The average Bonchev–Trinajstić information content (AvgIpc) is 2.57. The van der Waals surface area contributed by atoms with Crippen LogP contribution < -0.4 is 10.6 Å². The average molecular weight is 378 g/mol. The van der Waals surface area contributed by atoms with Crippen LogP contribution in [0.5, 0.6) is 0 Å². The maximum Gasteiger partial charge on any atom is 0.289 e. The number of thioether (sulfide) groups is 1. The number of benzene rings is 2. The molecule has 25 heavy (non-hydrogen) atoms. The van der Waals surface area contributed by atoms with Crippen molar-refractivity contribution in [2.75, 3.05) is 10.6 Å². The van der Waals surface area contributed by atoms with Gasteiger partial charge in [-0.25, -0.2) is 0 Å². The molecular formula is C16H12ClN3O4S. The van der Waals surface area contributed by atoms with E-state index in [1.807, 2.05) is 0 Å². The number of nitro benzene ring substituents is 1. The molecule has 0 radical (unpaired) electrons. The van der Waals surface area contributed by atoms with Crippen molar-refractivity contribution in [1.29, 1.82) is 0 Å². The van der Waals surface area contributed by atoms with Crippen LogP contribution in [-0.4, -0.2) is 22.0 Å². The third-order valence-corrected chi connectivity index (χ3v) is 5.07. The maximum atomic E-state index is 12.4. The molecule has 0 spiro atoms. The van der Waals surface area contributed by atoms with Gasteiger partial charge in [0, 0.05) is 22.2 Å². The molecule has 0 saturated carbocycles. The van der Waals surface area contributed by atoms with Crippen molar-refractivity contribution in [2.24, 2.45) is 0 Å². The lowest BCUT2D eigenvalue weighted by molar-refractivity contribution is -0.384. The fraction of sp³-hybridized carbons (Fsp3) is 0.125. The van der Waals surface area contributed by atoms with E-state index in [0.717, 1.165) is 4.90 Å². The summed E-state index contributed by atoms with van der Waals surface area (Å²) >= 11 is 7.17. The van der Waals surface area contributed by atoms with Crippen molar-refractivity contribution in [3.05, 3.63) is 57.1 Å². The number of halogens is 1. The Hall–Kier alpha value is -2.58. The molecular weight excluding hydrogens is 366 g/mol. The van der Waals surface area contributed by atoms with E-state index in [4.69, 9.17) is 11.6 Å². The Bertz CT molecular complexity index is 903. The number of hydrogen-bond donors (Lipinski definition) is 2. The van der Waals surface area contributed by atoms with E-state index in [1.165, 1.54) is 30.0 Å². The first-order valence-electron chi connectivity index (χ1n) is 7.22. The van der Waals surface area contributed by atoms with E-state index in [-0.39, 0.29) is 27.6 Å². The summed E-state index contributed by atoms with van der Waals surface area (Å²) in [4.78, 5) is 35.3. The molecule has 1 unspecified atom stereocenters. The van der Waals surface area contributed by atoms with Gasteiger partial charge in [-0.2, -0.15) is 0 Å². The number of fused-ring (bicyclic) bond motifs is 1. The molecule has 0 fully saturated rings. The Morgan fingerprint density at radius 1 is 1.32 bits per heavy atom. The molecule has 1 atom stereocenters. The smallest absolute Gasteiger partial charge is 0.289 e. The van der Waals surface area contributed by atoms with Crippen LogP contribution in [0.2, 0.25) is 5.02 Å². The summed E-state index contributed by atoms with van der Waals surface area (Å²) in [6.45, 7) is 1.80. The Labute approximate surface area is 151 Å². The topological polar surface area (TPSA) is 101 Å². The Morgan fingerprint density at radius 3 is 2.80 bits per heavy atom. The lowest BCUT2D eigenvalue weighted by Gasteiger charge is -2.21. The fourth-order valence-electron chi connectivity index (χ4n) is 2.28. The summed E-state index contributed by atoms with van der Waals surface area (Å²) in [5.41, 5.74) is 0.864. The predicted octanol–water partition coefficient (Wildman–Crippen LogP) is 3.93. The van der Waals surface area contributed by atoms with Crippen molar-refractivity contribution in [3.8, 4) is 0 Å². The van der Waals surface area contributed by atoms with Gasteiger partial charge in [0.15, 0.2) is 0 Å². The van der Waals surface area contributed by atoms with Crippen molar-refractivity contribution in [3.63, 3.8) is 0 Å². The van der Waals surface area contributed by atoms with Gasteiger partial charge < -0.3 is 10.6 Å². The van der Waals surface area contributed by atoms with Crippen LogP contribution in [0.4, 0.5) is 17.1 Å². The van der Waals surface area contributed by atoms with Crippen LogP contribution >= 0.6 is 23.4 Å². The highest BCUT2D eigenvalue weighted by Crippen LogP contribution is 2.36. The standard InChI is InChI=1S/C16H12ClN3O4S/c1-8-15(21)19-12-6-9(2-5-14(12)25-8)16(22)18-10-3-4-11(17)13(7-10)20(23)24/h2-8H,1H3,(H,18,22)(H,19,21). The summed E-state index contributed by atoms with van der Waals surface area (Å²) in [6, 6.07) is 8.99. The zero-order valence-corrected chi connectivity index (χ0v) is 14.5. The number of hydrogen-bond acceptors (Lipinski definition) is 5. The van der Waals surface area contributed by atoms with Crippen LogP contribution in [0.15, 0.2) is 41.3 Å². The highest BCUT2D eigenvalue weighted by Gasteiger charge is 2.24. The van der Waals surface area contributed by atoms with Gasteiger partial charge in [-0.3, -0.25) is 19.7 Å². The van der Waals surface area contributed by atoms with Gasteiger partial charge in [0.1, 0.15) is 5.02 Å². The minimum atomic E-state index is -0.620. The summed E-state index contributed by atoms with van der Waals surface area (Å²) in [7, 11) is 0. The number of nitrogens with zero attached hydrogens (tertiary/aromatic N) is 1. The zero-order chi connectivity index (χ0) is 18.1. The number of amides is 2. The SMILES string of the molecule is CC1Sc2ccc(C(=O)Nc3ccc(Cl)c([N+](=O)[O-])c3)cc2NC1=O. The predicted molar refractivity (Wildman–Crippen MR) is 96.5 cm³/mol. The lowest BCUT2D eigenvalue weighted by Crippen LogP contribution is -2.26. The van der Waals surface area contributed by atoms with Crippen LogP contribution in [0, 0.1) is 10.1 Å². The third-order valence-electron chi connectivity index (χ3n) is 3.57. The van der Waals surface area contributed by atoms with Gasteiger partial charge in [0.05, 0.1) is 15.9 Å². The van der Waals surface area contributed by atoms with Gasteiger partial charge in [-0.05, 0) is 37.3 Å². The van der Waals surface area contributed by atoms with E-state index in [1.54, 1.807) is 25.1 Å². The number of carbonyl (C=O) groups is 2. The van der Waals surface area contributed by atoms with Crippen LogP contribution in [0.25, 0.3) is 0 Å². The molecule has 1 aliphatic heterocycles. The minimum Gasteiger partial charge on any atom is -0.324 e. The number of nitro groups is 1. The Balaban J connectivity index is 1.83. The lowest BCUT2D eigenvalue weighted by atomic mass is 10.1.